The number of phenols is 2. The SMILES string of the molecule is Cc1cc(O)ccc1-c1nc2c(I)cc(O)cc2o1. The summed E-state index contributed by atoms with van der Waals surface area (Å²) in [5, 5.41) is 19.0. The van der Waals surface area contributed by atoms with Crippen LogP contribution in [-0.4, -0.2) is 15.2 Å². The lowest BCUT2D eigenvalue weighted by Gasteiger charge is -2.01. The van der Waals surface area contributed by atoms with E-state index in [9.17, 15) is 10.2 Å². The molecule has 2 N–H and O–H groups in total. The molecule has 0 aliphatic rings. The van der Waals surface area contributed by atoms with E-state index in [1.165, 1.54) is 0 Å². The van der Waals surface area contributed by atoms with Crippen LogP contribution in [0.2, 0.25) is 0 Å². The number of aryl methyl sites for hydroxylation is 1. The van der Waals surface area contributed by atoms with Crippen molar-refractivity contribution in [3.8, 4) is 23.0 Å². The number of hydrogen-bond donors (Lipinski definition) is 2. The Morgan fingerprint density at radius 2 is 1.89 bits per heavy atom. The minimum Gasteiger partial charge on any atom is -0.508 e. The van der Waals surface area contributed by atoms with E-state index < -0.39 is 0 Å². The first kappa shape index (κ1) is 12.3. The number of rotatable bonds is 1. The molecular weight excluding hydrogens is 357 g/mol. The molecule has 0 saturated heterocycles. The van der Waals surface area contributed by atoms with E-state index in [0.29, 0.717) is 11.5 Å². The molecule has 0 amide bonds. The molecule has 0 bridgehead atoms. The van der Waals surface area contributed by atoms with Crippen molar-refractivity contribution in [1.29, 1.82) is 0 Å². The van der Waals surface area contributed by atoms with Gasteiger partial charge in [0.1, 0.15) is 17.0 Å². The molecule has 0 aliphatic carbocycles. The number of phenolic OH excluding ortho intramolecular Hbond substituents is 2. The number of aromatic hydroxyl groups is 2. The molecule has 19 heavy (non-hydrogen) atoms. The largest absolute Gasteiger partial charge is 0.508 e. The first-order chi connectivity index (χ1) is 9.04. The zero-order valence-corrected chi connectivity index (χ0v) is 12.2. The maximum Gasteiger partial charge on any atom is 0.227 e. The Morgan fingerprint density at radius 3 is 2.63 bits per heavy atom. The van der Waals surface area contributed by atoms with Crippen molar-refractivity contribution in [2.45, 2.75) is 6.92 Å². The molecule has 4 nitrogen and oxygen atoms in total. The quantitative estimate of drug-likeness (QED) is 0.642. The number of fused-ring (bicyclic) bond motifs is 1. The van der Waals surface area contributed by atoms with Gasteiger partial charge in [0.05, 0.1) is 0 Å². The van der Waals surface area contributed by atoms with Gasteiger partial charge in [-0.25, -0.2) is 4.98 Å². The monoisotopic (exact) mass is 367 g/mol. The Kier molecular flexibility index (Phi) is 2.85. The number of nitrogens with zero attached hydrogens (tertiary/aromatic N) is 1. The van der Waals surface area contributed by atoms with Gasteiger partial charge in [0.15, 0.2) is 5.58 Å². The third-order valence-corrected chi connectivity index (χ3v) is 3.70. The van der Waals surface area contributed by atoms with E-state index in [-0.39, 0.29) is 11.5 Å². The summed E-state index contributed by atoms with van der Waals surface area (Å²) in [6.07, 6.45) is 0. The van der Waals surface area contributed by atoms with Gasteiger partial charge in [0.2, 0.25) is 5.89 Å². The van der Waals surface area contributed by atoms with Crippen LogP contribution in [0.25, 0.3) is 22.6 Å². The van der Waals surface area contributed by atoms with Crippen LogP contribution in [0.1, 0.15) is 5.56 Å². The van der Waals surface area contributed by atoms with Crippen molar-refractivity contribution in [1.82, 2.24) is 4.98 Å². The van der Waals surface area contributed by atoms with Gasteiger partial charge in [-0.2, -0.15) is 0 Å². The van der Waals surface area contributed by atoms with Crippen molar-refractivity contribution in [3.63, 3.8) is 0 Å². The fraction of sp³-hybridized carbons (Fsp3) is 0.0714. The van der Waals surface area contributed by atoms with Crippen LogP contribution in [0.3, 0.4) is 0 Å². The summed E-state index contributed by atoms with van der Waals surface area (Å²) in [6.45, 7) is 1.88. The predicted molar refractivity (Wildman–Crippen MR) is 80.2 cm³/mol. The maximum atomic E-state index is 9.56. The van der Waals surface area contributed by atoms with Gasteiger partial charge in [0, 0.05) is 15.2 Å². The highest BCUT2D eigenvalue weighted by Crippen LogP contribution is 2.32. The maximum absolute atomic E-state index is 9.56. The summed E-state index contributed by atoms with van der Waals surface area (Å²) in [4.78, 5) is 4.45. The van der Waals surface area contributed by atoms with Gasteiger partial charge in [-0.1, -0.05) is 0 Å². The van der Waals surface area contributed by atoms with Crippen LogP contribution in [0, 0.1) is 10.5 Å². The molecule has 0 atom stereocenters. The summed E-state index contributed by atoms with van der Waals surface area (Å²) in [5.41, 5.74) is 2.97. The number of benzene rings is 2. The van der Waals surface area contributed by atoms with Crippen molar-refractivity contribution in [2.75, 3.05) is 0 Å². The Hall–Kier alpha value is -1.76. The van der Waals surface area contributed by atoms with Crippen LogP contribution in [0.5, 0.6) is 11.5 Å². The van der Waals surface area contributed by atoms with E-state index in [1.54, 1.807) is 30.3 Å². The van der Waals surface area contributed by atoms with E-state index in [2.05, 4.69) is 27.6 Å². The minimum absolute atomic E-state index is 0.155. The van der Waals surface area contributed by atoms with Crippen molar-refractivity contribution >= 4 is 33.7 Å². The third kappa shape index (κ3) is 2.14. The van der Waals surface area contributed by atoms with E-state index in [4.69, 9.17) is 4.42 Å². The fourth-order valence-corrected chi connectivity index (χ4v) is 2.68. The molecule has 96 valence electrons. The van der Waals surface area contributed by atoms with Crippen molar-refractivity contribution < 1.29 is 14.6 Å². The second-order valence-electron chi connectivity index (χ2n) is 4.29. The zero-order valence-electron chi connectivity index (χ0n) is 10.0. The topological polar surface area (TPSA) is 66.5 Å². The molecule has 0 saturated carbocycles. The zero-order chi connectivity index (χ0) is 13.6. The Morgan fingerprint density at radius 1 is 1.11 bits per heavy atom. The summed E-state index contributed by atoms with van der Waals surface area (Å²) in [6, 6.07) is 8.21. The smallest absolute Gasteiger partial charge is 0.227 e. The lowest BCUT2D eigenvalue weighted by molar-refractivity contribution is 0.474. The average Bonchev–Trinajstić information content (AvgIpc) is 2.72. The third-order valence-electron chi connectivity index (χ3n) is 2.87. The molecule has 1 heterocycles. The van der Waals surface area contributed by atoms with Crippen molar-refractivity contribution in [3.05, 3.63) is 39.5 Å². The second kappa shape index (κ2) is 4.41. The summed E-state index contributed by atoms with van der Waals surface area (Å²) >= 11 is 2.11. The first-order valence-corrected chi connectivity index (χ1v) is 6.71. The average molecular weight is 367 g/mol. The highest BCUT2D eigenvalue weighted by Gasteiger charge is 2.13. The number of aromatic nitrogens is 1. The lowest BCUT2D eigenvalue weighted by Crippen LogP contribution is -1.83. The number of oxazole rings is 1. The molecule has 0 radical (unpaired) electrons. The molecule has 0 spiro atoms. The highest BCUT2D eigenvalue weighted by molar-refractivity contribution is 14.1. The standard InChI is InChI=1S/C14H10INO3/c1-7-4-8(17)2-3-10(7)14-16-13-11(15)5-9(18)6-12(13)19-14/h2-6,17-18H,1H3. The number of halogens is 1. The Bertz CT molecular complexity index is 780. The fourth-order valence-electron chi connectivity index (χ4n) is 1.98. The van der Waals surface area contributed by atoms with Gasteiger partial charge in [-0.3, -0.25) is 0 Å². The highest BCUT2D eigenvalue weighted by atomic mass is 127. The molecule has 0 unspecified atom stereocenters. The van der Waals surface area contributed by atoms with Gasteiger partial charge in [-0.15, -0.1) is 0 Å². The number of hydrogen-bond acceptors (Lipinski definition) is 4. The van der Waals surface area contributed by atoms with Gasteiger partial charge in [0.25, 0.3) is 0 Å². The second-order valence-corrected chi connectivity index (χ2v) is 5.45. The van der Waals surface area contributed by atoms with E-state index in [0.717, 1.165) is 20.2 Å². The Labute approximate surface area is 122 Å². The molecule has 0 fully saturated rings. The molecule has 2 aromatic carbocycles. The van der Waals surface area contributed by atoms with Crippen molar-refractivity contribution in [2.24, 2.45) is 0 Å². The predicted octanol–water partition coefficient (Wildman–Crippen LogP) is 3.82. The van der Waals surface area contributed by atoms with Crippen LogP contribution in [0.4, 0.5) is 0 Å². The molecule has 1 aromatic heterocycles. The molecule has 3 aromatic rings. The Balaban J connectivity index is 2.23. The van der Waals surface area contributed by atoms with Gasteiger partial charge >= 0.3 is 0 Å². The molecule has 0 aliphatic heterocycles. The van der Waals surface area contributed by atoms with Crippen LogP contribution < -0.4 is 0 Å². The lowest BCUT2D eigenvalue weighted by atomic mass is 10.1. The minimum atomic E-state index is 0.155. The van der Waals surface area contributed by atoms with Crippen LogP contribution >= 0.6 is 22.6 Å². The summed E-state index contributed by atoms with van der Waals surface area (Å²) in [5.74, 6) is 0.850. The van der Waals surface area contributed by atoms with Gasteiger partial charge < -0.3 is 14.6 Å². The van der Waals surface area contributed by atoms with Gasteiger partial charge in [-0.05, 0) is 59.3 Å². The normalized spacial score (nSPS) is 11.1. The molecular formula is C14H10INO3. The molecule has 5 heteroatoms. The summed E-state index contributed by atoms with van der Waals surface area (Å²) < 4.78 is 6.51. The van der Waals surface area contributed by atoms with Crippen LogP contribution in [-0.2, 0) is 0 Å². The van der Waals surface area contributed by atoms with Crippen LogP contribution in [0.15, 0.2) is 34.7 Å². The van der Waals surface area contributed by atoms with E-state index in [1.807, 2.05) is 6.92 Å². The summed E-state index contributed by atoms with van der Waals surface area (Å²) in [7, 11) is 0. The van der Waals surface area contributed by atoms with E-state index >= 15 is 0 Å². The molecule has 3 rings (SSSR count). The first-order valence-electron chi connectivity index (χ1n) is 5.63.